The van der Waals surface area contributed by atoms with E-state index in [0.29, 0.717) is 6.42 Å². The topological polar surface area (TPSA) is 66.4 Å². The number of carbonyl (C=O) groups excluding carboxylic acids is 1. The van der Waals surface area contributed by atoms with Gasteiger partial charge in [0.05, 0.1) is 12.0 Å². The predicted molar refractivity (Wildman–Crippen MR) is 91.0 cm³/mol. The van der Waals surface area contributed by atoms with Crippen molar-refractivity contribution in [2.24, 2.45) is 5.92 Å². The van der Waals surface area contributed by atoms with E-state index in [4.69, 9.17) is 0 Å². The van der Waals surface area contributed by atoms with E-state index < -0.39 is 17.9 Å². The van der Waals surface area contributed by atoms with Crippen LogP contribution in [-0.2, 0) is 9.59 Å². The summed E-state index contributed by atoms with van der Waals surface area (Å²) in [5.74, 6) is 0.170. The summed E-state index contributed by atoms with van der Waals surface area (Å²) in [6.45, 7) is 3.77. The Balaban J connectivity index is 2.58. The van der Waals surface area contributed by atoms with Crippen molar-refractivity contribution in [3.05, 3.63) is 35.9 Å². The first-order chi connectivity index (χ1) is 10.6. The molecule has 0 radical (unpaired) electrons. The zero-order valence-corrected chi connectivity index (χ0v) is 14.1. The van der Waals surface area contributed by atoms with Gasteiger partial charge in [0.15, 0.2) is 0 Å². The Morgan fingerprint density at radius 3 is 2.50 bits per heavy atom. The Kier molecular flexibility index (Phi) is 8.67. The second-order valence-electron chi connectivity index (χ2n) is 5.30. The zero-order valence-electron chi connectivity index (χ0n) is 13.2. The number of nitrogens with one attached hydrogen (secondary N) is 1. The van der Waals surface area contributed by atoms with Gasteiger partial charge in [-0.05, 0) is 24.7 Å². The first-order valence-electron chi connectivity index (χ1n) is 7.71. The molecule has 0 aliphatic rings. The van der Waals surface area contributed by atoms with E-state index in [1.165, 1.54) is 0 Å². The van der Waals surface area contributed by atoms with Crippen LogP contribution < -0.4 is 5.32 Å². The van der Waals surface area contributed by atoms with Crippen molar-refractivity contribution in [2.45, 2.75) is 39.2 Å². The van der Waals surface area contributed by atoms with Crippen molar-refractivity contribution in [1.82, 2.24) is 5.32 Å². The maximum atomic E-state index is 12.1. The van der Waals surface area contributed by atoms with Crippen LogP contribution in [0.25, 0.3) is 0 Å². The van der Waals surface area contributed by atoms with Crippen LogP contribution in [0.3, 0.4) is 0 Å². The van der Waals surface area contributed by atoms with Crippen LogP contribution in [0.2, 0.25) is 0 Å². The number of rotatable bonds is 10. The molecule has 0 saturated heterocycles. The molecule has 0 aliphatic heterocycles. The smallest absolute Gasteiger partial charge is 0.308 e. The molecule has 1 rings (SSSR count). The third-order valence-corrected chi connectivity index (χ3v) is 4.55. The molecule has 2 atom stereocenters. The third-order valence-electron chi connectivity index (χ3n) is 3.48. The molecule has 2 unspecified atom stereocenters. The fourth-order valence-corrected chi connectivity index (χ4v) is 3.09. The summed E-state index contributed by atoms with van der Waals surface area (Å²) < 4.78 is 0. The average molecular weight is 323 g/mol. The summed E-state index contributed by atoms with van der Waals surface area (Å²) in [6, 6.07) is 8.78. The number of unbranched alkanes of at least 4 members (excludes halogenated alkanes) is 1. The zero-order chi connectivity index (χ0) is 16.4. The Bertz CT molecular complexity index is 464. The number of carbonyl (C=O) groups is 2. The van der Waals surface area contributed by atoms with Crippen LogP contribution in [0.5, 0.6) is 0 Å². The quantitative estimate of drug-likeness (QED) is 0.647. The first-order valence-corrected chi connectivity index (χ1v) is 8.86. The third kappa shape index (κ3) is 6.52. The lowest BCUT2D eigenvalue weighted by atomic mass is 9.94. The molecule has 5 heteroatoms. The predicted octanol–water partition coefficient (Wildman–Crippen LogP) is 3.49. The number of thioether (sulfide) groups is 1. The maximum Gasteiger partial charge on any atom is 0.308 e. The lowest BCUT2D eigenvalue weighted by Gasteiger charge is -2.23. The summed E-state index contributed by atoms with van der Waals surface area (Å²) in [6.07, 6.45) is 2.74. The lowest BCUT2D eigenvalue weighted by Crippen LogP contribution is -2.35. The molecule has 2 N–H and O–H groups in total. The van der Waals surface area contributed by atoms with Crippen molar-refractivity contribution >= 4 is 23.6 Å². The Morgan fingerprint density at radius 2 is 1.91 bits per heavy atom. The number of carboxylic acids is 1. The molecule has 0 aromatic heterocycles. The van der Waals surface area contributed by atoms with E-state index >= 15 is 0 Å². The van der Waals surface area contributed by atoms with Crippen LogP contribution in [0.15, 0.2) is 30.3 Å². The Hall–Kier alpha value is -1.49. The molecule has 4 nitrogen and oxygen atoms in total. The fraction of sp³-hybridized carbons (Fsp3) is 0.529. The molecule has 0 fully saturated rings. The van der Waals surface area contributed by atoms with Crippen molar-refractivity contribution in [3.63, 3.8) is 0 Å². The molecule has 0 saturated carbocycles. The molecular formula is C17H25NO3S. The van der Waals surface area contributed by atoms with E-state index in [-0.39, 0.29) is 5.91 Å². The molecule has 1 amide bonds. The summed E-state index contributed by atoms with van der Waals surface area (Å²) in [5, 5.41) is 12.1. The Morgan fingerprint density at radius 1 is 1.23 bits per heavy atom. The normalized spacial score (nSPS) is 13.4. The van der Waals surface area contributed by atoms with Gasteiger partial charge in [-0.2, -0.15) is 11.8 Å². The highest BCUT2D eigenvalue weighted by molar-refractivity contribution is 7.99. The van der Waals surface area contributed by atoms with Crippen LogP contribution in [0, 0.1) is 5.92 Å². The van der Waals surface area contributed by atoms with Crippen LogP contribution >= 0.6 is 11.8 Å². The van der Waals surface area contributed by atoms with E-state index in [1.807, 2.05) is 30.3 Å². The highest BCUT2D eigenvalue weighted by atomic mass is 32.2. The largest absolute Gasteiger partial charge is 0.481 e. The molecule has 1 aromatic rings. The van der Waals surface area contributed by atoms with E-state index in [0.717, 1.165) is 29.9 Å². The molecule has 0 aliphatic carbocycles. The van der Waals surface area contributed by atoms with Gasteiger partial charge in [0.25, 0.3) is 0 Å². The van der Waals surface area contributed by atoms with Crippen molar-refractivity contribution in [3.8, 4) is 0 Å². The molecule has 0 heterocycles. The van der Waals surface area contributed by atoms with Gasteiger partial charge < -0.3 is 10.4 Å². The van der Waals surface area contributed by atoms with Crippen molar-refractivity contribution < 1.29 is 14.7 Å². The molecular weight excluding hydrogens is 298 g/mol. The summed E-state index contributed by atoms with van der Waals surface area (Å²) in [7, 11) is 0. The van der Waals surface area contributed by atoms with E-state index in [1.54, 1.807) is 18.7 Å². The van der Waals surface area contributed by atoms with Crippen molar-refractivity contribution in [1.29, 1.82) is 0 Å². The van der Waals surface area contributed by atoms with E-state index in [9.17, 15) is 14.7 Å². The summed E-state index contributed by atoms with van der Waals surface area (Å²) in [5.41, 5.74) is 0.824. The van der Waals surface area contributed by atoms with Gasteiger partial charge in [0, 0.05) is 12.2 Å². The molecule has 22 heavy (non-hydrogen) atoms. The van der Waals surface area contributed by atoms with Gasteiger partial charge >= 0.3 is 5.97 Å². The van der Waals surface area contributed by atoms with Gasteiger partial charge in [-0.3, -0.25) is 9.59 Å². The molecule has 122 valence electrons. The fourth-order valence-electron chi connectivity index (χ4n) is 2.06. The number of amides is 1. The standard InChI is InChI=1S/C17H25NO3S/c1-3-4-11-22-12-10-15(19)18-16(13(2)17(20)21)14-8-6-5-7-9-14/h5-9,13,16H,3-4,10-12H2,1-2H3,(H,18,19)(H,20,21). The minimum atomic E-state index is -0.911. The first kappa shape index (κ1) is 18.6. The van der Waals surface area contributed by atoms with Crippen LogP contribution in [0.4, 0.5) is 0 Å². The van der Waals surface area contributed by atoms with Gasteiger partial charge in [-0.15, -0.1) is 0 Å². The van der Waals surface area contributed by atoms with Gasteiger partial charge in [0.2, 0.25) is 5.91 Å². The number of benzene rings is 1. The number of hydrogen-bond donors (Lipinski definition) is 2. The minimum Gasteiger partial charge on any atom is -0.481 e. The monoisotopic (exact) mass is 323 g/mol. The molecule has 0 spiro atoms. The SMILES string of the molecule is CCCCSCCC(=O)NC(c1ccccc1)C(C)C(=O)O. The second kappa shape index (κ2) is 10.3. The van der Waals surface area contributed by atoms with Gasteiger partial charge in [-0.25, -0.2) is 0 Å². The average Bonchev–Trinajstić information content (AvgIpc) is 2.52. The number of hydrogen-bond acceptors (Lipinski definition) is 3. The Labute approximate surface area is 136 Å². The molecule has 0 bridgehead atoms. The highest BCUT2D eigenvalue weighted by Gasteiger charge is 2.26. The molecule has 1 aromatic carbocycles. The summed E-state index contributed by atoms with van der Waals surface area (Å²) >= 11 is 1.77. The summed E-state index contributed by atoms with van der Waals surface area (Å²) in [4.78, 5) is 23.3. The van der Waals surface area contributed by atoms with Crippen LogP contribution in [0.1, 0.15) is 44.7 Å². The minimum absolute atomic E-state index is 0.0917. The number of carboxylic acid groups (broad SMARTS) is 1. The maximum absolute atomic E-state index is 12.1. The van der Waals surface area contributed by atoms with Gasteiger partial charge in [0.1, 0.15) is 0 Å². The van der Waals surface area contributed by atoms with Crippen LogP contribution in [-0.4, -0.2) is 28.5 Å². The number of aliphatic carboxylic acids is 1. The van der Waals surface area contributed by atoms with Gasteiger partial charge in [-0.1, -0.05) is 43.7 Å². The van der Waals surface area contributed by atoms with Crippen molar-refractivity contribution in [2.75, 3.05) is 11.5 Å². The highest BCUT2D eigenvalue weighted by Crippen LogP contribution is 2.22. The second-order valence-corrected chi connectivity index (χ2v) is 6.52. The lowest BCUT2D eigenvalue weighted by molar-refractivity contribution is -0.142. The van der Waals surface area contributed by atoms with E-state index in [2.05, 4.69) is 12.2 Å².